The first kappa shape index (κ1) is 13.5. The molecule has 3 heteroatoms. The van der Waals surface area contributed by atoms with Crippen LogP contribution < -0.4 is 5.32 Å². The maximum atomic E-state index is 14.0. The van der Waals surface area contributed by atoms with Crippen LogP contribution in [0.3, 0.4) is 0 Å². The fourth-order valence-corrected chi connectivity index (χ4v) is 3.44. The molecule has 0 bridgehead atoms. The molecule has 0 radical (unpaired) electrons. The second-order valence-electron chi connectivity index (χ2n) is 5.91. The zero-order valence-electron chi connectivity index (χ0n) is 12.5. The number of benzene rings is 2. The van der Waals surface area contributed by atoms with Crippen molar-refractivity contribution in [2.24, 2.45) is 0 Å². The van der Waals surface area contributed by atoms with E-state index in [-0.39, 0.29) is 5.82 Å². The topological polar surface area (TPSA) is 17.0 Å². The van der Waals surface area contributed by atoms with Gasteiger partial charge in [-0.2, -0.15) is 0 Å². The van der Waals surface area contributed by atoms with Crippen molar-refractivity contribution in [3.05, 3.63) is 71.2 Å². The second kappa shape index (κ2) is 5.58. The number of hydrogen-bond acceptors (Lipinski definition) is 1. The van der Waals surface area contributed by atoms with Gasteiger partial charge < -0.3 is 9.88 Å². The van der Waals surface area contributed by atoms with Gasteiger partial charge in [0.1, 0.15) is 5.82 Å². The predicted molar refractivity (Wildman–Crippen MR) is 87.7 cm³/mol. The predicted octanol–water partition coefficient (Wildman–Crippen LogP) is 3.52. The van der Waals surface area contributed by atoms with E-state index in [0.717, 1.165) is 31.6 Å². The minimum Gasteiger partial charge on any atom is -0.343 e. The number of nitrogens with zero attached hydrogens (tertiary/aromatic N) is 1. The van der Waals surface area contributed by atoms with Crippen LogP contribution in [0.1, 0.15) is 16.8 Å². The van der Waals surface area contributed by atoms with Crippen LogP contribution in [0.5, 0.6) is 0 Å². The van der Waals surface area contributed by atoms with E-state index in [1.807, 2.05) is 12.1 Å². The molecule has 3 aromatic rings. The molecule has 0 aliphatic carbocycles. The molecular formula is C19H19FN2. The molecule has 0 unspecified atom stereocenters. The molecule has 0 saturated carbocycles. The molecule has 4 rings (SSSR count). The first-order chi connectivity index (χ1) is 10.8. The molecule has 0 fully saturated rings. The summed E-state index contributed by atoms with van der Waals surface area (Å²) in [7, 11) is 0. The molecule has 0 spiro atoms. The van der Waals surface area contributed by atoms with Crippen molar-refractivity contribution in [3.8, 4) is 0 Å². The number of nitrogens with one attached hydrogen (secondary N) is 1. The van der Waals surface area contributed by atoms with Crippen LogP contribution in [-0.4, -0.2) is 17.7 Å². The summed E-state index contributed by atoms with van der Waals surface area (Å²) in [4.78, 5) is 0. The Morgan fingerprint density at radius 1 is 1.00 bits per heavy atom. The molecule has 0 amide bonds. The van der Waals surface area contributed by atoms with Gasteiger partial charge in [0.25, 0.3) is 0 Å². The Kier molecular flexibility index (Phi) is 3.43. The van der Waals surface area contributed by atoms with Gasteiger partial charge in [0.15, 0.2) is 0 Å². The van der Waals surface area contributed by atoms with E-state index in [0.29, 0.717) is 6.42 Å². The van der Waals surface area contributed by atoms with Crippen LogP contribution in [0, 0.1) is 5.82 Å². The molecule has 0 saturated heterocycles. The van der Waals surface area contributed by atoms with E-state index < -0.39 is 0 Å². The van der Waals surface area contributed by atoms with Gasteiger partial charge in [-0.05, 0) is 23.3 Å². The minimum atomic E-state index is -0.121. The second-order valence-corrected chi connectivity index (χ2v) is 5.91. The molecule has 2 aromatic carbocycles. The van der Waals surface area contributed by atoms with Crippen LogP contribution in [0.4, 0.5) is 4.39 Å². The Bertz CT molecular complexity index is 819. The van der Waals surface area contributed by atoms with Crippen LogP contribution in [0.2, 0.25) is 0 Å². The summed E-state index contributed by atoms with van der Waals surface area (Å²) in [5.41, 5.74) is 4.61. The third kappa shape index (κ3) is 2.32. The fraction of sp³-hybridized carbons (Fsp3) is 0.263. The molecule has 112 valence electrons. The molecule has 2 nitrogen and oxygen atoms in total. The van der Waals surface area contributed by atoms with Crippen molar-refractivity contribution in [1.29, 1.82) is 0 Å². The zero-order chi connectivity index (χ0) is 14.9. The number of para-hydroxylation sites is 1. The highest BCUT2D eigenvalue weighted by Gasteiger charge is 2.15. The van der Waals surface area contributed by atoms with Crippen molar-refractivity contribution in [2.45, 2.75) is 19.4 Å². The molecule has 1 aliphatic rings. The SMILES string of the molecule is Fc1ccccc1Cc1cccc2cc3n(c12)CCNCC3. The highest BCUT2D eigenvalue weighted by molar-refractivity contribution is 5.85. The average molecular weight is 294 g/mol. The first-order valence-electron chi connectivity index (χ1n) is 7.87. The van der Waals surface area contributed by atoms with Crippen LogP contribution in [0.15, 0.2) is 48.5 Å². The smallest absolute Gasteiger partial charge is 0.126 e. The Labute approximate surface area is 129 Å². The van der Waals surface area contributed by atoms with E-state index in [1.165, 1.54) is 28.2 Å². The fourth-order valence-electron chi connectivity index (χ4n) is 3.44. The lowest BCUT2D eigenvalue weighted by Crippen LogP contribution is -2.17. The number of hydrogen-bond donors (Lipinski definition) is 1. The molecule has 1 N–H and O–H groups in total. The summed E-state index contributed by atoms with van der Waals surface area (Å²) in [6, 6.07) is 15.7. The van der Waals surface area contributed by atoms with Crippen LogP contribution >= 0.6 is 0 Å². The Hall–Kier alpha value is -2.13. The summed E-state index contributed by atoms with van der Waals surface area (Å²) in [6.07, 6.45) is 1.69. The van der Waals surface area contributed by atoms with Crippen molar-refractivity contribution >= 4 is 10.9 Å². The summed E-state index contributed by atoms with van der Waals surface area (Å²) < 4.78 is 16.4. The number of rotatable bonds is 2. The van der Waals surface area contributed by atoms with Gasteiger partial charge in [-0.1, -0.05) is 36.4 Å². The molecule has 2 heterocycles. The van der Waals surface area contributed by atoms with Gasteiger partial charge in [0.05, 0.1) is 5.52 Å². The molecule has 22 heavy (non-hydrogen) atoms. The van der Waals surface area contributed by atoms with Gasteiger partial charge in [0, 0.05) is 43.6 Å². The summed E-state index contributed by atoms with van der Waals surface area (Å²) in [5, 5.41) is 4.71. The van der Waals surface area contributed by atoms with Gasteiger partial charge >= 0.3 is 0 Å². The largest absolute Gasteiger partial charge is 0.343 e. The lowest BCUT2D eigenvalue weighted by molar-refractivity contribution is 0.614. The quantitative estimate of drug-likeness (QED) is 0.765. The zero-order valence-corrected chi connectivity index (χ0v) is 12.5. The summed E-state index contributed by atoms with van der Waals surface area (Å²) >= 11 is 0. The van der Waals surface area contributed by atoms with Gasteiger partial charge in [-0.3, -0.25) is 0 Å². The lowest BCUT2D eigenvalue weighted by atomic mass is 10.0. The van der Waals surface area contributed by atoms with Gasteiger partial charge in [-0.15, -0.1) is 0 Å². The number of halogens is 1. The Balaban J connectivity index is 1.84. The van der Waals surface area contributed by atoms with Crippen LogP contribution in [-0.2, 0) is 19.4 Å². The third-order valence-electron chi connectivity index (χ3n) is 4.50. The molecule has 0 atom stereocenters. The van der Waals surface area contributed by atoms with E-state index in [4.69, 9.17) is 0 Å². The Morgan fingerprint density at radius 3 is 2.77 bits per heavy atom. The van der Waals surface area contributed by atoms with Crippen molar-refractivity contribution in [3.63, 3.8) is 0 Å². The molecule has 1 aliphatic heterocycles. The first-order valence-corrected chi connectivity index (χ1v) is 7.87. The highest BCUT2D eigenvalue weighted by atomic mass is 19.1. The van der Waals surface area contributed by atoms with Crippen LogP contribution in [0.25, 0.3) is 10.9 Å². The normalized spacial score (nSPS) is 14.8. The van der Waals surface area contributed by atoms with Gasteiger partial charge in [-0.25, -0.2) is 4.39 Å². The third-order valence-corrected chi connectivity index (χ3v) is 4.50. The van der Waals surface area contributed by atoms with Gasteiger partial charge in [0.2, 0.25) is 0 Å². The minimum absolute atomic E-state index is 0.121. The maximum Gasteiger partial charge on any atom is 0.126 e. The van der Waals surface area contributed by atoms with E-state index in [1.54, 1.807) is 6.07 Å². The van der Waals surface area contributed by atoms with Crippen molar-refractivity contribution in [2.75, 3.05) is 13.1 Å². The summed E-state index contributed by atoms with van der Waals surface area (Å²) in [6.45, 7) is 3.00. The highest BCUT2D eigenvalue weighted by Crippen LogP contribution is 2.27. The van der Waals surface area contributed by atoms with Crippen molar-refractivity contribution < 1.29 is 4.39 Å². The lowest BCUT2D eigenvalue weighted by Gasteiger charge is -2.11. The molecule has 1 aromatic heterocycles. The average Bonchev–Trinajstić information content (AvgIpc) is 2.73. The number of aromatic nitrogens is 1. The maximum absolute atomic E-state index is 14.0. The summed E-state index contributed by atoms with van der Waals surface area (Å²) in [5.74, 6) is -0.121. The van der Waals surface area contributed by atoms with E-state index in [2.05, 4.69) is 34.1 Å². The number of fused-ring (bicyclic) bond motifs is 3. The molecular weight excluding hydrogens is 275 g/mol. The van der Waals surface area contributed by atoms with E-state index >= 15 is 0 Å². The Morgan fingerprint density at radius 2 is 1.86 bits per heavy atom. The monoisotopic (exact) mass is 294 g/mol. The standard InChI is InChI=1S/C19H19FN2/c20-18-7-2-1-4-14(18)12-15-5-3-6-16-13-17-8-9-21-10-11-22(17)19(15)16/h1-7,13,21H,8-12H2. The van der Waals surface area contributed by atoms with E-state index in [9.17, 15) is 4.39 Å². The van der Waals surface area contributed by atoms with Crippen molar-refractivity contribution in [1.82, 2.24) is 9.88 Å².